The molecule has 280 valence electrons. The van der Waals surface area contributed by atoms with Gasteiger partial charge in [-0.1, -0.05) is 77.3 Å². The number of hydrogen-bond donors (Lipinski definition) is 0. The van der Waals surface area contributed by atoms with Gasteiger partial charge in [0.2, 0.25) is 12.7 Å². The monoisotopic (exact) mass is 718 g/mol. The zero-order valence-electron chi connectivity index (χ0n) is 29.3. The maximum Gasteiger partial charge on any atom is 0.673 e. The molecule has 6 nitrogen and oxygen atoms in total. The molecule has 4 rings (SSSR count). The average Bonchev–Trinajstić information content (AvgIpc) is 3.79. The van der Waals surface area contributed by atoms with E-state index in [9.17, 15) is 34.5 Å². The Labute approximate surface area is 291 Å². The second-order valence-corrected chi connectivity index (χ2v) is 12.6. The lowest BCUT2D eigenvalue weighted by molar-refractivity contribution is -0.688. The molecule has 0 aliphatic heterocycles. The van der Waals surface area contributed by atoms with Gasteiger partial charge < -0.3 is 39.1 Å². The number of benzene rings is 1. The Morgan fingerprint density at radius 2 is 0.940 bits per heavy atom. The van der Waals surface area contributed by atoms with Gasteiger partial charge in [0.1, 0.15) is 37.9 Å². The van der Waals surface area contributed by atoms with Crippen LogP contribution >= 0.6 is 0 Å². The molecule has 0 amide bonds. The lowest BCUT2D eigenvalue weighted by atomic mass is 10.0. The molecule has 4 aromatic rings. The third-order valence-corrected chi connectivity index (χ3v) is 7.80. The van der Waals surface area contributed by atoms with Crippen molar-refractivity contribution in [3.63, 3.8) is 0 Å². The van der Waals surface area contributed by atoms with Gasteiger partial charge in [0.05, 0.1) is 19.4 Å². The van der Waals surface area contributed by atoms with Gasteiger partial charge in [0.25, 0.3) is 0 Å². The highest BCUT2D eigenvalue weighted by Crippen LogP contribution is 2.14. The summed E-state index contributed by atoms with van der Waals surface area (Å²) in [5.41, 5.74) is 4.02. The van der Waals surface area contributed by atoms with Gasteiger partial charge in [-0.25, -0.2) is 23.3 Å². The summed E-state index contributed by atoms with van der Waals surface area (Å²) < 4.78 is 89.5. The molecule has 16 heteroatoms. The zero-order valence-corrected chi connectivity index (χ0v) is 29.3. The van der Waals surface area contributed by atoms with E-state index in [1.54, 1.807) is 0 Å². The Bertz CT molecular complexity index is 1340. The van der Waals surface area contributed by atoms with Gasteiger partial charge in [-0.15, -0.1) is 0 Å². The van der Waals surface area contributed by atoms with Crippen LogP contribution in [-0.4, -0.2) is 33.2 Å². The highest BCUT2D eigenvalue weighted by Gasteiger charge is 2.21. The predicted octanol–water partition coefficient (Wildman–Crippen LogP) is 9.53. The number of nitrogens with zero attached hydrogens (tertiary/aromatic N) is 6. The minimum atomic E-state index is -6.00. The van der Waals surface area contributed by atoms with Gasteiger partial charge in [0, 0.05) is 18.9 Å². The van der Waals surface area contributed by atoms with Crippen LogP contribution in [0.15, 0.2) is 74.4 Å². The summed E-state index contributed by atoms with van der Waals surface area (Å²) in [5.74, 6) is 0. The van der Waals surface area contributed by atoms with Crippen LogP contribution in [0.5, 0.6) is 0 Å². The summed E-state index contributed by atoms with van der Waals surface area (Å²) in [4.78, 5) is 4.24. The van der Waals surface area contributed by atoms with Crippen molar-refractivity contribution in [2.75, 3.05) is 0 Å². The summed E-state index contributed by atoms with van der Waals surface area (Å²) in [5, 5.41) is 0. The second-order valence-electron chi connectivity index (χ2n) is 12.6. The fourth-order valence-corrected chi connectivity index (χ4v) is 5.60. The molecule has 3 heterocycles. The quantitative estimate of drug-likeness (QED) is 0.0388. The summed E-state index contributed by atoms with van der Waals surface area (Å²) in [6, 6.07) is 7.10. The Balaban J connectivity index is 0.000000761. The van der Waals surface area contributed by atoms with Crippen LogP contribution in [0.2, 0.25) is 0 Å². The van der Waals surface area contributed by atoms with Crippen molar-refractivity contribution >= 4 is 14.5 Å². The number of imidazole rings is 3. The smallest absolute Gasteiger partial charge is 0.418 e. The maximum absolute atomic E-state index is 9.75. The summed E-state index contributed by atoms with van der Waals surface area (Å²) in [6.07, 6.45) is 35.3. The van der Waals surface area contributed by atoms with E-state index in [1.165, 1.54) is 93.7 Å². The highest BCUT2D eigenvalue weighted by molar-refractivity contribution is 6.50. The molecule has 0 bridgehead atoms. The number of aryl methyl sites for hydroxylation is 2. The molecule has 50 heavy (non-hydrogen) atoms. The lowest BCUT2D eigenvalue weighted by Crippen LogP contribution is -2.33. The number of hydrogen-bond acceptors (Lipinski definition) is 1. The van der Waals surface area contributed by atoms with E-state index in [-0.39, 0.29) is 0 Å². The summed E-state index contributed by atoms with van der Waals surface area (Å²) in [6.45, 7) is 9.39. The molecule has 0 radical (unpaired) electrons. The van der Waals surface area contributed by atoms with Crippen molar-refractivity contribution < 1.29 is 43.7 Å². The van der Waals surface area contributed by atoms with Crippen LogP contribution in [0.25, 0.3) is 0 Å². The zero-order chi connectivity index (χ0) is 36.8. The SMILES string of the molecule is CCCCCCCCn1cc[n+](Cc2cc(Cn3ccnc3)cc(C[n+]3ccn(CCCCCCCC)c3)c2)c1.F[B-](F)(F)F.F[B-](F)(F)F. The van der Waals surface area contributed by atoms with E-state index >= 15 is 0 Å². The van der Waals surface area contributed by atoms with E-state index in [1.807, 2.05) is 18.7 Å². The van der Waals surface area contributed by atoms with Crippen molar-refractivity contribution in [1.29, 1.82) is 0 Å². The van der Waals surface area contributed by atoms with Crippen LogP contribution in [-0.2, 0) is 32.7 Å². The Kier molecular flexibility index (Phi) is 19.6. The molecule has 0 aliphatic carbocycles. The van der Waals surface area contributed by atoms with Gasteiger partial charge >= 0.3 is 14.5 Å². The van der Waals surface area contributed by atoms with Crippen molar-refractivity contribution in [2.24, 2.45) is 0 Å². The summed E-state index contributed by atoms with van der Waals surface area (Å²) in [7, 11) is -12.0. The van der Waals surface area contributed by atoms with Gasteiger partial charge in [-0.05, 0) is 48.4 Å². The fourth-order valence-electron chi connectivity index (χ4n) is 5.60. The first kappa shape index (κ1) is 42.6. The van der Waals surface area contributed by atoms with Crippen molar-refractivity contribution in [2.45, 2.75) is 124 Å². The number of halogens is 8. The van der Waals surface area contributed by atoms with Crippen molar-refractivity contribution in [3.05, 3.63) is 91.1 Å². The third kappa shape index (κ3) is 22.2. The van der Waals surface area contributed by atoms with E-state index in [0.717, 1.165) is 32.7 Å². The Hall–Kier alpha value is -3.58. The van der Waals surface area contributed by atoms with E-state index < -0.39 is 14.5 Å². The molecule has 0 aliphatic rings. The largest absolute Gasteiger partial charge is 0.673 e. The van der Waals surface area contributed by atoms with Gasteiger partial charge in [-0.2, -0.15) is 0 Å². The van der Waals surface area contributed by atoms with Crippen LogP contribution in [0.1, 0.15) is 108 Å². The topological polar surface area (TPSA) is 35.4 Å². The maximum atomic E-state index is 9.75. The molecule has 1 aromatic carbocycles. The first-order valence-corrected chi connectivity index (χ1v) is 17.6. The molecule has 0 fully saturated rings. The molecule has 0 saturated heterocycles. The normalized spacial score (nSPS) is 11.6. The number of aromatic nitrogens is 6. The highest BCUT2D eigenvalue weighted by atomic mass is 19.5. The van der Waals surface area contributed by atoms with E-state index in [2.05, 4.69) is 97.3 Å². The molecular weight excluding hydrogens is 666 g/mol. The van der Waals surface area contributed by atoms with Crippen molar-refractivity contribution in [1.82, 2.24) is 18.7 Å². The molecule has 3 aromatic heterocycles. The fraction of sp³-hybridized carbons (Fsp3) is 0.559. The van der Waals surface area contributed by atoms with Gasteiger partial charge in [0.15, 0.2) is 0 Å². The first-order chi connectivity index (χ1) is 23.7. The minimum absolute atomic E-state index is 0.842. The third-order valence-electron chi connectivity index (χ3n) is 7.80. The summed E-state index contributed by atoms with van der Waals surface area (Å²) >= 11 is 0. The van der Waals surface area contributed by atoms with Crippen molar-refractivity contribution in [3.8, 4) is 0 Å². The standard InChI is InChI=1S/C34H52N6.2BF4/c1-3-5-7-9-11-13-16-36-19-21-39(30-36)27-33-23-32(26-38-18-15-35-29-38)24-34(25-33)28-40-22-20-37(31-40)17-14-12-10-8-6-4-2;2*2-1(3,4)5/h15,18-25,29-31H,3-14,16-17,26-28H2,1-2H3;;/q+2;2*-1. The molecule has 0 atom stereocenters. The van der Waals surface area contributed by atoms with Crippen LogP contribution in [0, 0.1) is 0 Å². The molecule has 0 spiro atoms. The number of rotatable bonds is 20. The van der Waals surface area contributed by atoms with E-state index in [4.69, 9.17) is 0 Å². The molecule has 0 unspecified atom stereocenters. The molecule has 0 saturated carbocycles. The van der Waals surface area contributed by atoms with E-state index in [0.29, 0.717) is 0 Å². The lowest BCUT2D eigenvalue weighted by Gasteiger charge is -2.09. The number of unbranched alkanes of at least 4 members (excludes halogenated alkanes) is 10. The molecular formula is C34H52B2F8N6. The van der Waals surface area contributed by atoms with Crippen LogP contribution in [0.4, 0.5) is 34.5 Å². The Morgan fingerprint density at radius 1 is 0.540 bits per heavy atom. The first-order valence-electron chi connectivity index (χ1n) is 17.6. The minimum Gasteiger partial charge on any atom is -0.418 e. The Morgan fingerprint density at radius 3 is 1.34 bits per heavy atom. The predicted molar refractivity (Wildman–Crippen MR) is 182 cm³/mol. The second kappa shape index (κ2) is 23.0. The average molecular weight is 718 g/mol. The van der Waals surface area contributed by atoms with Gasteiger partial charge in [-0.3, -0.25) is 0 Å². The van der Waals surface area contributed by atoms with Crippen LogP contribution < -0.4 is 9.13 Å². The molecule has 0 N–H and O–H groups in total. The van der Waals surface area contributed by atoms with Crippen LogP contribution in [0.3, 0.4) is 0 Å².